The molecule has 2 N–H and O–H groups in total. The molecular formula is C23H23N3O3. The lowest BCUT2D eigenvalue weighted by Gasteiger charge is -2.28. The quantitative estimate of drug-likeness (QED) is 0.719. The molecule has 0 radical (unpaired) electrons. The fourth-order valence-electron chi connectivity index (χ4n) is 3.90. The molecule has 6 nitrogen and oxygen atoms in total. The third kappa shape index (κ3) is 3.16. The van der Waals surface area contributed by atoms with E-state index >= 15 is 0 Å². The zero-order chi connectivity index (χ0) is 20.5. The van der Waals surface area contributed by atoms with Crippen molar-refractivity contribution < 1.29 is 14.3 Å². The number of nitrogens with zero attached hydrogens (tertiary/aromatic N) is 2. The van der Waals surface area contributed by atoms with E-state index in [4.69, 9.17) is 15.2 Å². The number of methoxy groups -OCH3 is 2. The third-order valence-electron chi connectivity index (χ3n) is 5.39. The van der Waals surface area contributed by atoms with Crippen molar-refractivity contribution in [1.29, 1.82) is 0 Å². The molecule has 3 aromatic rings. The molecule has 4 rings (SSSR count). The molecule has 2 heterocycles. The lowest BCUT2D eigenvalue weighted by Crippen LogP contribution is -2.29. The topological polar surface area (TPSA) is 77.7 Å². The van der Waals surface area contributed by atoms with Crippen LogP contribution in [-0.2, 0) is 6.54 Å². The Balaban J connectivity index is 1.83. The Kier molecular flexibility index (Phi) is 4.84. The van der Waals surface area contributed by atoms with Crippen LogP contribution in [0, 0.1) is 6.92 Å². The number of fused-ring (bicyclic) bond motifs is 1. The van der Waals surface area contributed by atoms with E-state index in [1.807, 2.05) is 49.4 Å². The highest BCUT2D eigenvalue weighted by Crippen LogP contribution is 2.43. The van der Waals surface area contributed by atoms with Crippen LogP contribution in [0.2, 0.25) is 0 Å². The first-order valence-corrected chi connectivity index (χ1v) is 9.37. The number of nitrogen functional groups attached to an aromatic ring is 1. The minimum absolute atomic E-state index is 0.140. The maximum atomic E-state index is 13.3. The largest absolute Gasteiger partial charge is 0.497 e. The van der Waals surface area contributed by atoms with Crippen LogP contribution in [0.15, 0.2) is 54.7 Å². The number of aromatic nitrogens is 1. The Hall–Kier alpha value is -3.54. The highest BCUT2D eigenvalue weighted by atomic mass is 16.5. The molecule has 0 saturated carbocycles. The molecule has 1 unspecified atom stereocenters. The number of nitrogens with two attached hydrogens (primary N) is 1. The first-order valence-electron chi connectivity index (χ1n) is 9.37. The maximum absolute atomic E-state index is 13.3. The molecule has 0 bridgehead atoms. The summed E-state index contributed by atoms with van der Waals surface area (Å²) in [4.78, 5) is 19.5. The number of benzene rings is 2. The monoisotopic (exact) mass is 389 g/mol. The summed E-state index contributed by atoms with van der Waals surface area (Å²) in [6.45, 7) is 2.40. The van der Waals surface area contributed by atoms with Crippen LogP contribution in [0.25, 0.3) is 0 Å². The van der Waals surface area contributed by atoms with Gasteiger partial charge in [-0.2, -0.15) is 0 Å². The molecule has 1 amide bonds. The number of carbonyl (C=O) groups is 1. The van der Waals surface area contributed by atoms with Gasteiger partial charge in [0.05, 0.1) is 26.8 Å². The second kappa shape index (κ2) is 7.47. The lowest BCUT2D eigenvalue weighted by atomic mass is 9.94. The Morgan fingerprint density at radius 2 is 1.90 bits per heavy atom. The van der Waals surface area contributed by atoms with Crippen LogP contribution >= 0.6 is 0 Å². The van der Waals surface area contributed by atoms with Crippen molar-refractivity contribution >= 4 is 11.6 Å². The highest BCUT2D eigenvalue weighted by molar-refractivity contribution is 5.99. The van der Waals surface area contributed by atoms with E-state index < -0.39 is 0 Å². The van der Waals surface area contributed by atoms with Crippen molar-refractivity contribution in [3.63, 3.8) is 0 Å². The summed E-state index contributed by atoms with van der Waals surface area (Å²) in [5.41, 5.74) is 11.0. The molecule has 1 atom stereocenters. The summed E-state index contributed by atoms with van der Waals surface area (Å²) in [6.07, 6.45) is 1.58. The molecule has 0 aliphatic carbocycles. The molecule has 6 heteroatoms. The van der Waals surface area contributed by atoms with E-state index in [1.54, 1.807) is 31.4 Å². The van der Waals surface area contributed by atoms with Crippen molar-refractivity contribution in [1.82, 2.24) is 9.88 Å². The summed E-state index contributed by atoms with van der Waals surface area (Å²) in [5, 5.41) is 0. The van der Waals surface area contributed by atoms with E-state index in [1.165, 1.54) is 0 Å². The van der Waals surface area contributed by atoms with Gasteiger partial charge in [-0.15, -0.1) is 0 Å². The van der Waals surface area contributed by atoms with Crippen molar-refractivity contribution in [3.8, 4) is 11.5 Å². The van der Waals surface area contributed by atoms with E-state index in [9.17, 15) is 4.79 Å². The summed E-state index contributed by atoms with van der Waals surface area (Å²) in [6, 6.07) is 15.1. The number of ether oxygens (including phenoxy) is 2. The standard InChI is InChI=1S/C23H23N3O3/c1-14-6-4-5-7-17(14)22-20-18(24)10-11-25-21(20)23(27)26(22)13-15-8-9-16(28-2)12-19(15)29-3/h4-12,22H,13H2,1-3H3,(H2,24,25). The predicted molar refractivity (Wildman–Crippen MR) is 111 cm³/mol. The molecule has 0 spiro atoms. The molecule has 2 aromatic carbocycles. The van der Waals surface area contributed by atoms with Gasteiger partial charge in [0.2, 0.25) is 0 Å². The summed E-state index contributed by atoms with van der Waals surface area (Å²) in [5.74, 6) is 1.22. The van der Waals surface area contributed by atoms with Gasteiger partial charge in [0.15, 0.2) is 0 Å². The van der Waals surface area contributed by atoms with Crippen LogP contribution in [-0.4, -0.2) is 30.0 Å². The predicted octanol–water partition coefficient (Wildman–Crippen LogP) is 3.73. The highest BCUT2D eigenvalue weighted by Gasteiger charge is 2.41. The van der Waals surface area contributed by atoms with Gasteiger partial charge in [-0.25, -0.2) is 0 Å². The second-order valence-electron chi connectivity index (χ2n) is 7.03. The summed E-state index contributed by atoms with van der Waals surface area (Å²) in [7, 11) is 3.22. The van der Waals surface area contributed by atoms with Crippen molar-refractivity contribution in [2.24, 2.45) is 0 Å². The smallest absolute Gasteiger partial charge is 0.273 e. The average Bonchev–Trinajstić information content (AvgIpc) is 3.02. The zero-order valence-electron chi connectivity index (χ0n) is 16.7. The molecule has 29 heavy (non-hydrogen) atoms. The Bertz CT molecular complexity index is 1080. The molecule has 0 fully saturated rings. The van der Waals surface area contributed by atoms with Crippen LogP contribution in [0.4, 0.5) is 5.69 Å². The molecule has 1 aliphatic rings. The van der Waals surface area contributed by atoms with Gasteiger partial charge in [-0.1, -0.05) is 24.3 Å². The van der Waals surface area contributed by atoms with Gasteiger partial charge in [-0.05, 0) is 36.2 Å². The normalized spacial score (nSPS) is 15.3. The minimum Gasteiger partial charge on any atom is -0.497 e. The number of hydrogen-bond acceptors (Lipinski definition) is 5. The fraction of sp³-hybridized carbons (Fsp3) is 0.217. The van der Waals surface area contributed by atoms with E-state index in [0.717, 1.165) is 22.3 Å². The van der Waals surface area contributed by atoms with Crippen LogP contribution in [0.3, 0.4) is 0 Å². The number of anilines is 1. The molecule has 148 valence electrons. The van der Waals surface area contributed by atoms with Gasteiger partial charge in [0.25, 0.3) is 5.91 Å². The third-order valence-corrected chi connectivity index (χ3v) is 5.39. The average molecular weight is 389 g/mol. The molecular weight excluding hydrogens is 366 g/mol. The fourth-order valence-corrected chi connectivity index (χ4v) is 3.90. The number of rotatable bonds is 5. The Morgan fingerprint density at radius 1 is 1.10 bits per heavy atom. The Morgan fingerprint density at radius 3 is 2.62 bits per heavy atom. The number of amides is 1. The zero-order valence-corrected chi connectivity index (χ0v) is 16.7. The molecule has 1 aromatic heterocycles. The maximum Gasteiger partial charge on any atom is 0.273 e. The first kappa shape index (κ1) is 18.8. The molecule has 1 aliphatic heterocycles. The van der Waals surface area contributed by atoms with Gasteiger partial charge in [0.1, 0.15) is 17.2 Å². The number of carbonyl (C=O) groups excluding carboxylic acids is 1. The van der Waals surface area contributed by atoms with E-state index in [-0.39, 0.29) is 11.9 Å². The van der Waals surface area contributed by atoms with Gasteiger partial charge < -0.3 is 20.1 Å². The second-order valence-corrected chi connectivity index (χ2v) is 7.03. The number of hydrogen-bond donors (Lipinski definition) is 1. The number of aryl methyl sites for hydroxylation is 1. The van der Waals surface area contributed by atoms with Gasteiger partial charge in [0, 0.05) is 29.1 Å². The molecule has 0 saturated heterocycles. The van der Waals surface area contributed by atoms with E-state index in [2.05, 4.69) is 4.98 Å². The lowest BCUT2D eigenvalue weighted by molar-refractivity contribution is 0.0730. The van der Waals surface area contributed by atoms with E-state index in [0.29, 0.717) is 29.4 Å². The first-order chi connectivity index (χ1) is 14.0. The van der Waals surface area contributed by atoms with Crippen molar-refractivity contribution in [3.05, 3.63) is 82.7 Å². The Labute approximate surface area is 169 Å². The van der Waals surface area contributed by atoms with Gasteiger partial charge >= 0.3 is 0 Å². The van der Waals surface area contributed by atoms with Crippen LogP contribution in [0.1, 0.15) is 38.8 Å². The minimum atomic E-state index is -0.306. The van der Waals surface area contributed by atoms with Crippen molar-refractivity contribution in [2.45, 2.75) is 19.5 Å². The number of pyridine rings is 1. The summed E-state index contributed by atoms with van der Waals surface area (Å²) < 4.78 is 10.8. The van der Waals surface area contributed by atoms with Crippen LogP contribution < -0.4 is 15.2 Å². The van der Waals surface area contributed by atoms with Gasteiger partial charge in [-0.3, -0.25) is 9.78 Å². The van der Waals surface area contributed by atoms with Crippen molar-refractivity contribution in [2.75, 3.05) is 20.0 Å². The summed E-state index contributed by atoms with van der Waals surface area (Å²) >= 11 is 0. The SMILES string of the molecule is COc1ccc(CN2C(=O)c3nccc(N)c3C2c2ccccc2C)c(OC)c1. The van der Waals surface area contributed by atoms with Crippen LogP contribution in [0.5, 0.6) is 11.5 Å².